The molecule has 3 atom stereocenters. The van der Waals surface area contributed by atoms with Crippen molar-refractivity contribution < 1.29 is 19.1 Å². The van der Waals surface area contributed by atoms with Crippen LogP contribution < -0.4 is 10.2 Å². The van der Waals surface area contributed by atoms with E-state index in [1.165, 1.54) is 7.11 Å². The third-order valence-electron chi connectivity index (χ3n) is 7.05. The molecule has 0 radical (unpaired) electrons. The monoisotopic (exact) mass is 522 g/mol. The number of carbonyl (C=O) groups excluding carboxylic acids is 3. The Hall–Kier alpha value is -3.19. The second kappa shape index (κ2) is 9.36. The Kier molecular flexibility index (Phi) is 6.37. The molecule has 2 aliphatic heterocycles. The predicted octanol–water partition coefficient (Wildman–Crippen LogP) is 5.10. The largest absolute Gasteiger partial charge is 0.375 e. The van der Waals surface area contributed by atoms with Gasteiger partial charge >= 0.3 is 0 Å². The van der Waals surface area contributed by atoms with Gasteiger partial charge in [0.15, 0.2) is 0 Å². The Bertz CT molecular complexity index is 1330. The summed E-state index contributed by atoms with van der Waals surface area (Å²) in [6.45, 7) is 1.67. The van der Waals surface area contributed by atoms with E-state index < -0.39 is 29.2 Å². The highest BCUT2D eigenvalue weighted by Gasteiger charge is 2.64. The number of halogens is 2. The van der Waals surface area contributed by atoms with Crippen molar-refractivity contribution in [2.45, 2.75) is 30.7 Å². The summed E-state index contributed by atoms with van der Waals surface area (Å²) in [6, 6.07) is 19.3. The molecule has 3 aromatic carbocycles. The fourth-order valence-electron chi connectivity index (χ4n) is 5.68. The Morgan fingerprint density at radius 3 is 2.47 bits per heavy atom. The van der Waals surface area contributed by atoms with Crippen LogP contribution in [0.4, 0.5) is 5.69 Å². The number of carbonyl (C=O) groups is 3. The van der Waals surface area contributed by atoms with E-state index in [0.717, 1.165) is 21.6 Å². The molecule has 0 saturated carbocycles. The van der Waals surface area contributed by atoms with Crippen molar-refractivity contribution in [2.75, 3.05) is 18.6 Å². The van der Waals surface area contributed by atoms with Crippen molar-refractivity contribution in [1.82, 2.24) is 5.32 Å². The molecule has 5 rings (SSSR count). The first kappa shape index (κ1) is 24.5. The molecule has 1 fully saturated rings. The van der Waals surface area contributed by atoms with Gasteiger partial charge in [0.05, 0.1) is 11.7 Å². The van der Waals surface area contributed by atoms with Gasteiger partial charge in [0.1, 0.15) is 12.0 Å². The first-order valence-electron chi connectivity index (χ1n) is 11.5. The Balaban J connectivity index is 1.84. The van der Waals surface area contributed by atoms with Gasteiger partial charge < -0.3 is 10.1 Å². The van der Waals surface area contributed by atoms with Gasteiger partial charge in [0.2, 0.25) is 11.8 Å². The summed E-state index contributed by atoms with van der Waals surface area (Å²) < 4.78 is 5.09. The lowest BCUT2D eigenvalue weighted by molar-refractivity contribution is -0.135. The Labute approximate surface area is 219 Å². The summed E-state index contributed by atoms with van der Waals surface area (Å²) >= 11 is 12.7. The highest BCUT2D eigenvalue weighted by molar-refractivity contribution is 6.32. The van der Waals surface area contributed by atoms with Gasteiger partial charge in [-0.05, 0) is 47.9 Å². The van der Waals surface area contributed by atoms with E-state index in [2.05, 4.69) is 5.32 Å². The zero-order valence-corrected chi connectivity index (χ0v) is 21.3. The van der Waals surface area contributed by atoms with Crippen molar-refractivity contribution in [3.8, 4) is 0 Å². The Morgan fingerprint density at radius 1 is 1.03 bits per heavy atom. The molecule has 0 bridgehead atoms. The molecular formula is C28H24Cl2N2O4. The van der Waals surface area contributed by atoms with Crippen LogP contribution in [-0.4, -0.2) is 31.4 Å². The highest BCUT2D eigenvalue weighted by Crippen LogP contribution is 2.59. The van der Waals surface area contributed by atoms with E-state index >= 15 is 0 Å². The van der Waals surface area contributed by atoms with Crippen LogP contribution in [0.2, 0.25) is 10.0 Å². The number of amides is 3. The van der Waals surface area contributed by atoms with Crippen molar-refractivity contribution in [2.24, 2.45) is 0 Å². The van der Waals surface area contributed by atoms with E-state index in [1.807, 2.05) is 37.3 Å². The summed E-state index contributed by atoms with van der Waals surface area (Å²) in [6.07, 6.45) is 0.0444. The molecule has 0 aliphatic carbocycles. The number of hydrogen-bond donors (Lipinski definition) is 1. The number of nitrogens with zero attached hydrogens (tertiary/aromatic N) is 1. The van der Waals surface area contributed by atoms with Crippen molar-refractivity contribution in [3.05, 3.63) is 99.0 Å². The van der Waals surface area contributed by atoms with Crippen LogP contribution in [0.3, 0.4) is 0 Å². The number of hydrogen-bond acceptors (Lipinski definition) is 4. The Morgan fingerprint density at radius 2 is 1.75 bits per heavy atom. The van der Waals surface area contributed by atoms with Crippen LogP contribution in [0.1, 0.15) is 40.6 Å². The van der Waals surface area contributed by atoms with E-state index in [9.17, 15) is 14.4 Å². The lowest BCUT2D eigenvalue weighted by atomic mass is 9.59. The number of nitrogens with one attached hydrogen (secondary N) is 1. The first-order chi connectivity index (χ1) is 17.3. The van der Waals surface area contributed by atoms with Gasteiger partial charge in [-0.1, -0.05) is 71.2 Å². The number of aryl methyl sites for hydroxylation is 1. The molecule has 8 heteroatoms. The minimum Gasteiger partial charge on any atom is -0.375 e. The zero-order chi connectivity index (χ0) is 25.6. The molecule has 0 aromatic heterocycles. The van der Waals surface area contributed by atoms with E-state index in [0.29, 0.717) is 21.3 Å². The molecule has 3 aromatic rings. The summed E-state index contributed by atoms with van der Waals surface area (Å²) in [5.41, 5.74) is 2.19. The lowest BCUT2D eigenvalue weighted by Gasteiger charge is -2.46. The molecule has 1 N–H and O–H groups in total. The zero-order valence-electron chi connectivity index (χ0n) is 19.8. The van der Waals surface area contributed by atoms with Gasteiger partial charge in [0, 0.05) is 29.5 Å². The first-order valence-corrected chi connectivity index (χ1v) is 12.3. The standard InChI is InChI=1S/C28H24Cl2N2O4/c1-16-5-3-7-18(11-16)26-28(22(14-24(33)31-26)17-6-4-8-19(29)12-17)21-10-9-20(30)13-23(21)32(27(28)35)25(34)15-36-2/h3-13,22,26H,14-15H2,1-2H3,(H,31,33)/t22-,26+,28-/m0/s1. The number of imide groups is 1. The van der Waals surface area contributed by atoms with Crippen LogP contribution in [0.15, 0.2) is 66.7 Å². The second-order valence-corrected chi connectivity index (χ2v) is 10.1. The predicted molar refractivity (Wildman–Crippen MR) is 138 cm³/mol. The number of fused-ring (bicyclic) bond motifs is 2. The minimum atomic E-state index is -1.32. The maximum Gasteiger partial charge on any atom is 0.259 e. The average Bonchev–Trinajstić information content (AvgIpc) is 3.08. The van der Waals surface area contributed by atoms with Crippen molar-refractivity contribution >= 4 is 46.6 Å². The molecule has 3 amide bonds. The average molecular weight is 523 g/mol. The lowest BCUT2D eigenvalue weighted by Crippen LogP contribution is -2.59. The third kappa shape index (κ3) is 3.81. The topological polar surface area (TPSA) is 75.7 Å². The number of methoxy groups -OCH3 is 1. The van der Waals surface area contributed by atoms with Gasteiger partial charge in [-0.25, -0.2) is 4.90 Å². The minimum absolute atomic E-state index is 0.0444. The number of ether oxygens (including phenoxy) is 1. The maximum atomic E-state index is 14.6. The fraction of sp³-hybridized carbons (Fsp3) is 0.250. The summed E-state index contributed by atoms with van der Waals surface area (Å²) in [7, 11) is 1.40. The molecule has 2 heterocycles. The molecule has 184 valence electrons. The van der Waals surface area contributed by atoms with Crippen LogP contribution in [-0.2, 0) is 24.5 Å². The number of rotatable bonds is 4. The summed E-state index contributed by atoms with van der Waals surface area (Å²) in [5.74, 6) is -1.73. The smallest absolute Gasteiger partial charge is 0.259 e. The van der Waals surface area contributed by atoms with Crippen LogP contribution in [0, 0.1) is 6.92 Å². The number of anilines is 1. The maximum absolute atomic E-state index is 14.6. The quantitative estimate of drug-likeness (QED) is 0.516. The highest BCUT2D eigenvalue weighted by atomic mass is 35.5. The summed E-state index contributed by atoms with van der Waals surface area (Å²) in [5, 5.41) is 3.97. The van der Waals surface area contributed by atoms with Crippen LogP contribution in [0.25, 0.3) is 0 Å². The molecular weight excluding hydrogens is 499 g/mol. The number of piperidine rings is 1. The van der Waals surface area contributed by atoms with Gasteiger partial charge in [0.25, 0.3) is 5.91 Å². The normalized spacial score (nSPS) is 23.1. The van der Waals surface area contributed by atoms with E-state index in [-0.39, 0.29) is 18.9 Å². The molecule has 6 nitrogen and oxygen atoms in total. The molecule has 0 unspecified atom stereocenters. The summed E-state index contributed by atoms with van der Waals surface area (Å²) in [4.78, 5) is 42.2. The van der Waals surface area contributed by atoms with Crippen molar-refractivity contribution in [1.29, 1.82) is 0 Å². The van der Waals surface area contributed by atoms with E-state index in [4.69, 9.17) is 27.9 Å². The van der Waals surface area contributed by atoms with Gasteiger partial charge in [-0.15, -0.1) is 0 Å². The molecule has 1 saturated heterocycles. The van der Waals surface area contributed by atoms with Crippen LogP contribution in [0.5, 0.6) is 0 Å². The molecule has 36 heavy (non-hydrogen) atoms. The number of benzene rings is 3. The molecule has 1 spiro atoms. The van der Waals surface area contributed by atoms with Crippen LogP contribution >= 0.6 is 23.2 Å². The third-order valence-corrected chi connectivity index (χ3v) is 7.52. The molecule has 2 aliphatic rings. The van der Waals surface area contributed by atoms with E-state index in [1.54, 1.807) is 36.4 Å². The van der Waals surface area contributed by atoms with Gasteiger partial charge in [-0.3, -0.25) is 14.4 Å². The van der Waals surface area contributed by atoms with Gasteiger partial charge in [-0.2, -0.15) is 0 Å². The second-order valence-electron chi connectivity index (χ2n) is 9.22. The van der Waals surface area contributed by atoms with Crippen molar-refractivity contribution in [3.63, 3.8) is 0 Å². The SMILES string of the molecule is COCC(=O)N1C(=O)[C@]2(c3ccc(Cl)cc31)[C@@H](c1cccc(C)c1)NC(=O)C[C@H]2c1cccc(Cl)c1. The fourth-order valence-corrected chi connectivity index (χ4v) is 6.05.